The number of thiocarbonyl (C=S) groups is 1. The first-order valence-electron chi connectivity index (χ1n) is 7.42. The largest absolute Gasteiger partial charge is 0.495 e. The van der Waals surface area contributed by atoms with Crippen molar-refractivity contribution in [2.45, 2.75) is 26.0 Å². The summed E-state index contributed by atoms with van der Waals surface area (Å²) < 4.78 is 5.78. The summed E-state index contributed by atoms with van der Waals surface area (Å²) in [5.41, 5.74) is 0.142. The fourth-order valence-electron chi connectivity index (χ4n) is 1.90. The highest BCUT2D eigenvalue weighted by Crippen LogP contribution is 2.29. The number of thioether (sulfide) groups is 1. The van der Waals surface area contributed by atoms with Crippen molar-refractivity contribution < 1.29 is 14.5 Å². The highest BCUT2D eigenvalue weighted by atomic mass is 32.2. The van der Waals surface area contributed by atoms with Crippen molar-refractivity contribution in [3.8, 4) is 5.75 Å². The fourth-order valence-corrected chi connectivity index (χ4v) is 3.47. The second-order valence-corrected chi connectivity index (χ2v) is 6.80. The van der Waals surface area contributed by atoms with E-state index in [2.05, 4.69) is 5.32 Å². The summed E-state index contributed by atoms with van der Waals surface area (Å²) in [7, 11) is 1.44. The SMILES string of the molecule is CCN(CC)C(=S)S[C@H](C)C(=O)Nc1cc([N+](=O)[O-])ccc1OC. The molecule has 0 radical (unpaired) electrons. The number of non-ortho nitro benzene ring substituents is 1. The van der Waals surface area contributed by atoms with E-state index in [9.17, 15) is 14.9 Å². The van der Waals surface area contributed by atoms with Crippen LogP contribution in [0.1, 0.15) is 20.8 Å². The van der Waals surface area contributed by atoms with Crippen LogP contribution in [-0.4, -0.2) is 45.5 Å². The molecule has 1 rings (SSSR count). The molecule has 0 fully saturated rings. The first-order valence-corrected chi connectivity index (χ1v) is 8.71. The summed E-state index contributed by atoms with van der Waals surface area (Å²) in [5, 5.41) is 13.1. The third-order valence-corrected chi connectivity index (χ3v) is 4.89. The number of hydrogen-bond donors (Lipinski definition) is 1. The van der Waals surface area contributed by atoms with Gasteiger partial charge in [-0.25, -0.2) is 0 Å². The lowest BCUT2D eigenvalue weighted by molar-refractivity contribution is -0.384. The first-order chi connectivity index (χ1) is 11.3. The van der Waals surface area contributed by atoms with Crippen molar-refractivity contribution in [2.24, 2.45) is 0 Å². The maximum atomic E-state index is 12.4. The summed E-state index contributed by atoms with van der Waals surface area (Å²) >= 11 is 6.61. The number of nitrogens with zero attached hydrogens (tertiary/aromatic N) is 2. The lowest BCUT2D eigenvalue weighted by Gasteiger charge is -2.23. The number of amides is 1. The van der Waals surface area contributed by atoms with Crippen molar-refractivity contribution in [1.29, 1.82) is 0 Å². The molecule has 0 aromatic heterocycles. The number of rotatable bonds is 7. The van der Waals surface area contributed by atoms with Crippen LogP contribution in [0.3, 0.4) is 0 Å². The Morgan fingerprint density at radius 3 is 2.58 bits per heavy atom. The van der Waals surface area contributed by atoms with Crippen LogP contribution < -0.4 is 10.1 Å². The second kappa shape index (κ2) is 9.43. The van der Waals surface area contributed by atoms with Gasteiger partial charge in [-0.2, -0.15) is 0 Å². The van der Waals surface area contributed by atoms with Crippen LogP contribution in [0.2, 0.25) is 0 Å². The van der Waals surface area contributed by atoms with E-state index in [-0.39, 0.29) is 17.3 Å². The van der Waals surface area contributed by atoms with Gasteiger partial charge in [-0.15, -0.1) is 0 Å². The third kappa shape index (κ3) is 5.34. The van der Waals surface area contributed by atoms with Gasteiger partial charge in [-0.1, -0.05) is 24.0 Å². The van der Waals surface area contributed by atoms with Gasteiger partial charge < -0.3 is 15.0 Å². The molecule has 1 atom stereocenters. The molecule has 0 heterocycles. The molecule has 0 aliphatic rings. The number of nitro groups is 1. The van der Waals surface area contributed by atoms with Gasteiger partial charge in [0.1, 0.15) is 10.1 Å². The lowest BCUT2D eigenvalue weighted by atomic mass is 10.2. The van der Waals surface area contributed by atoms with Gasteiger partial charge in [0.25, 0.3) is 5.69 Å². The predicted octanol–water partition coefficient (Wildman–Crippen LogP) is 3.29. The van der Waals surface area contributed by atoms with E-state index in [0.717, 1.165) is 13.1 Å². The number of anilines is 1. The molecule has 132 valence electrons. The molecule has 0 unspecified atom stereocenters. The van der Waals surface area contributed by atoms with E-state index in [1.54, 1.807) is 6.92 Å². The number of hydrogen-bond acceptors (Lipinski definition) is 6. The minimum Gasteiger partial charge on any atom is -0.495 e. The molecule has 1 aromatic carbocycles. The maximum Gasteiger partial charge on any atom is 0.271 e. The van der Waals surface area contributed by atoms with E-state index in [1.165, 1.54) is 37.1 Å². The third-order valence-electron chi connectivity index (χ3n) is 3.32. The Hall–Kier alpha value is -1.87. The van der Waals surface area contributed by atoms with Crippen LogP contribution in [0, 0.1) is 10.1 Å². The van der Waals surface area contributed by atoms with Crippen LogP contribution in [0.5, 0.6) is 5.75 Å². The highest BCUT2D eigenvalue weighted by molar-refractivity contribution is 8.23. The molecule has 7 nitrogen and oxygen atoms in total. The van der Waals surface area contributed by atoms with Crippen LogP contribution in [0.25, 0.3) is 0 Å². The number of benzene rings is 1. The topological polar surface area (TPSA) is 84.7 Å². The number of nitro benzene ring substituents is 1. The molecule has 0 aliphatic heterocycles. The van der Waals surface area contributed by atoms with E-state index in [1.807, 2.05) is 18.7 Å². The van der Waals surface area contributed by atoms with E-state index in [0.29, 0.717) is 10.1 Å². The number of carbonyl (C=O) groups excluding carboxylic acids is 1. The van der Waals surface area contributed by atoms with Gasteiger partial charge in [-0.3, -0.25) is 14.9 Å². The van der Waals surface area contributed by atoms with Gasteiger partial charge in [0.2, 0.25) is 5.91 Å². The van der Waals surface area contributed by atoms with Crippen LogP contribution in [0.15, 0.2) is 18.2 Å². The molecule has 0 aliphatic carbocycles. The zero-order valence-electron chi connectivity index (χ0n) is 14.1. The van der Waals surface area contributed by atoms with Crippen molar-refractivity contribution in [1.82, 2.24) is 4.90 Å². The summed E-state index contributed by atoms with van der Waals surface area (Å²) in [4.78, 5) is 24.7. The van der Waals surface area contributed by atoms with Gasteiger partial charge in [0.05, 0.1) is 23.0 Å². The van der Waals surface area contributed by atoms with Crippen molar-refractivity contribution in [3.63, 3.8) is 0 Å². The van der Waals surface area contributed by atoms with Gasteiger partial charge in [-0.05, 0) is 26.8 Å². The molecule has 9 heteroatoms. The Labute approximate surface area is 150 Å². The molecule has 1 aromatic rings. The Balaban J connectivity index is 2.84. The predicted molar refractivity (Wildman–Crippen MR) is 101 cm³/mol. The summed E-state index contributed by atoms with van der Waals surface area (Å²) in [6, 6.07) is 4.05. The molecule has 0 bridgehead atoms. The molecular weight excluding hydrogens is 350 g/mol. The molecular formula is C15H21N3O4S2. The normalized spacial score (nSPS) is 11.5. The summed E-state index contributed by atoms with van der Waals surface area (Å²) in [5.74, 6) is 0.0609. The molecule has 0 spiro atoms. The number of carbonyl (C=O) groups is 1. The number of ether oxygens (including phenoxy) is 1. The molecule has 0 saturated heterocycles. The van der Waals surface area contributed by atoms with E-state index < -0.39 is 10.2 Å². The Bertz CT molecular complexity index is 621. The standard InChI is InChI=1S/C15H21N3O4S2/c1-5-17(6-2)15(23)24-10(3)14(19)16-12-9-11(18(20)21)7-8-13(12)22-4/h7-10H,5-6H2,1-4H3,(H,16,19)/t10-/m1/s1. The lowest BCUT2D eigenvalue weighted by Crippen LogP contribution is -2.31. The van der Waals surface area contributed by atoms with Crippen LogP contribution >= 0.6 is 24.0 Å². The molecule has 0 saturated carbocycles. The zero-order valence-corrected chi connectivity index (χ0v) is 15.7. The van der Waals surface area contributed by atoms with E-state index in [4.69, 9.17) is 17.0 Å². The Morgan fingerprint density at radius 1 is 1.46 bits per heavy atom. The zero-order chi connectivity index (χ0) is 18.3. The maximum absolute atomic E-state index is 12.4. The van der Waals surface area contributed by atoms with Gasteiger partial charge in [0, 0.05) is 25.2 Å². The Kier molecular flexibility index (Phi) is 7.93. The number of nitrogens with one attached hydrogen (secondary N) is 1. The molecule has 24 heavy (non-hydrogen) atoms. The van der Waals surface area contributed by atoms with Crippen molar-refractivity contribution >= 4 is 45.6 Å². The van der Waals surface area contributed by atoms with Gasteiger partial charge in [0.15, 0.2) is 0 Å². The van der Waals surface area contributed by atoms with Crippen molar-refractivity contribution in [2.75, 3.05) is 25.5 Å². The monoisotopic (exact) mass is 371 g/mol. The first kappa shape index (κ1) is 20.2. The average Bonchev–Trinajstić information content (AvgIpc) is 2.55. The molecule has 1 N–H and O–H groups in total. The smallest absolute Gasteiger partial charge is 0.271 e. The second-order valence-electron chi connectivity index (χ2n) is 4.83. The van der Waals surface area contributed by atoms with Crippen LogP contribution in [0.4, 0.5) is 11.4 Å². The summed E-state index contributed by atoms with van der Waals surface area (Å²) in [6.45, 7) is 7.27. The molecule has 1 amide bonds. The van der Waals surface area contributed by atoms with Crippen molar-refractivity contribution in [3.05, 3.63) is 28.3 Å². The van der Waals surface area contributed by atoms with E-state index >= 15 is 0 Å². The Morgan fingerprint density at radius 2 is 2.08 bits per heavy atom. The number of methoxy groups -OCH3 is 1. The minimum absolute atomic E-state index is 0.120. The fraction of sp³-hybridized carbons (Fsp3) is 0.467. The highest BCUT2D eigenvalue weighted by Gasteiger charge is 2.20. The minimum atomic E-state index is -0.525. The van der Waals surface area contributed by atoms with Crippen LogP contribution in [-0.2, 0) is 4.79 Å². The van der Waals surface area contributed by atoms with Gasteiger partial charge >= 0.3 is 0 Å². The summed E-state index contributed by atoms with van der Waals surface area (Å²) in [6.07, 6.45) is 0. The quantitative estimate of drug-likeness (QED) is 0.447. The average molecular weight is 371 g/mol.